The molecule has 130 valence electrons. The van der Waals surface area contributed by atoms with Gasteiger partial charge in [0.05, 0.1) is 12.5 Å². The molecule has 23 heavy (non-hydrogen) atoms. The van der Waals surface area contributed by atoms with E-state index in [1.807, 2.05) is 6.92 Å². The summed E-state index contributed by atoms with van der Waals surface area (Å²) in [4.78, 5) is 11.8. The average Bonchev–Trinajstić information content (AvgIpc) is 2.57. The number of rotatable bonds is 11. The van der Waals surface area contributed by atoms with Crippen LogP contribution in [-0.2, 0) is 9.53 Å². The van der Waals surface area contributed by atoms with Gasteiger partial charge in [0.2, 0.25) is 0 Å². The van der Waals surface area contributed by atoms with Crippen molar-refractivity contribution in [1.29, 1.82) is 0 Å². The lowest BCUT2D eigenvalue weighted by atomic mass is 9.79. The van der Waals surface area contributed by atoms with E-state index in [2.05, 4.69) is 50.3 Å². The summed E-state index contributed by atoms with van der Waals surface area (Å²) in [7, 11) is 0. The Morgan fingerprint density at radius 2 is 1.91 bits per heavy atom. The SMILES string of the molecule is CC/C=C\C1(CCCCCC(CC)C(=O)OCC)C=CCC=C1. The summed E-state index contributed by atoms with van der Waals surface area (Å²) < 4.78 is 5.14. The smallest absolute Gasteiger partial charge is 0.308 e. The van der Waals surface area contributed by atoms with Gasteiger partial charge in [0.1, 0.15) is 0 Å². The summed E-state index contributed by atoms with van der Waals surface area (Å²) in [6.45, 7) is 6.61. The topological polar surface area (TPSA) is 26.3 Å². The fraction of sp³-hybridized carbons (Fsp3) is 0.667. The molecule has 2 heteroatoms. The zero-order valence-electron chi connectivity index (χ0n) is 15.2. The van der Waals surface area contributed by atoms with Crippen LogP contribution in [0, 0.1) is 11.3 Å². The Morgan fingerprint density at radius 3 is 2.52 bits per heavy atom. The highest BCUT2D eigenvalue weighted by atomic mass is 16.5. The first kappa shape index (κ1) is 19.7. The van der Waals surface area contributed by atoms with Crippen LogP contribution in [0.4, 0.5) is 0 Å². The average molecular weight is 319 g/mol. The van der Waals surface area contributed by atoms with E-state index in [-0.39, 0.29) is 17.3 Å². The molecule has 1 aliphatic carbocycles. The number of esters is 1. The molecule has 0 N–H and O–H groups in total. The van der Waals surface area contributed by atoms with Crippen molar-refractivity contribution in [2.75, 3.05) is 6.61 Å². The molecule has 1 unspecified atom stereocenters. The van der Waals surface area contributed by atoms with Gasteiger partial charge in [-0.1, -0.05) is 69.6 Å². The molecule has 0 spiro atoms. The minimum Gasteiger partial charge on any atom is -0.466 e. The van der Waals surface area contributed by atoms with Gasteiger partial charge in [-0.2, -0.15) is 0 Å². The molecule has 1 aliphatic rings. The number of unbranched alkanes of at least 4 members (excludes halogenated alkanes) is 2. The fourth-order valence-corrected chi connectivity index (χ4v) is 3.15. The van der Waals surface area contributed by atoms with Crippen LogP contribution in [0.2, 0.25) is 0 Å². The molecular formula is C21H34O2. The molecule has 0 amide bonds. The number of ether oxygens (including phenoxy) is 1. The molecule has 1 rings (SSSR count). The second kappa shape index (κ2) is 11.3. The van der Waals surface area contributed by atoms with E-state index in [0.717, 1.165) is 38.5 Å². The lowest BCUT2D eigenvalue weighted by molar-refractivity contribution is -0.148. The Hall–Kier alpha value is -1.31. The molecule has 0 saturated heterocycles. The highest BCUT2D eigenvalue weighted by Gasteiger charge is 2.21. The van der Waals surface area contributed by atoms with E-state index in [1.54, 1.807) is 0 Å². The van der Waals surface area contributed by atoms with Crippen molar-refractivity contribution in [3.8, 4) is 0 Å². The van der Waals surface area contributed by atoms with Crippen LogP contribution >= 0.6 is 0 Å². The van der Waals surface area contributed by atoms with Gasteiger partial charge < -0.3 is 4.74 Å². The number of carbonyl (C=O) groups is 1. The molecule has 0 aromatic heterocycles. The Balaban J connectivity index is 2.35. The molecule has 0 aliphatic heterocycles. The summed E-state index contributed by atoms with van der Waals surface area (Å²) in [6, 6.07) is 0. The quantitative estimate of drug-likeness (QED) is 0.265. The van der Waals surface area contributed by atoms with Crippen LogP contribution in [0.25, 0.3) is 0 Å². The monoisotopic (exact) mass is 318 g/mol. The van der Waals surface area contributed by atoms with Crippen molar-refractivity contribution in [3.63, 3.8) is 0 Å². The zero-order valence-corrected chi connectivity index (χ0v) is 15.2. The number of hydrogen-bond donors (Lipinski definition) is 0. The molecule has 0 bridgehead atoms. The van der Waals surface area contributed by atoms with E-state index < -0.39 is 0 Å². The van der Waals surface area contributed by atoms with Crippen LogP contribution in [0.3, 0.4) is 0 Å². The summed E-state index contributed by atoms with van der Waals surface area (Å²) in [5.74, 6) is 0.0638. The van der Waals surface area contributed by atoms with Gasteiger partial charge in [0.25, 0.3) is 0 Å². The fourth-order valence-electron chi connectivity index (χ4n) is 3.15. The number of hydrogen-bond acceptors (Lipinski definition) is 2. The molecule has 0 saturated carbocycles. The summed E-state index contributed by atoms with van der Waals surface area (Å²) in [5.41, 5.74) is 0.125. The van der Waals surface area contributed by atoms with Crippen molar-refractivity contribution < 1.29 is 9.53 Å². The Kier molecular flexibility index (Phi) is 9.66. The van der Waals surface area contributed by atoms with Gasteiger partial charge in [-0.05, 0) is 39.0 Å². The first-order chi connectivity index (χ1) is 11.2. The third kappa shape index (κ3) is 7.20. The maximum Gasteiger partial charge on any atom is 0.308 e. The van der Waals surface area contributed by atoms with Crippen molar-refractivity contribution in [2.24, 2.45) is 11.3 Å². The minimum atomic E-state index is -0.0181. The molecule has 0 fully saturated rings. The number of allylic oxidation sites excluding steroid dienone is 6. The Labute approximate surface area is 142 Å². The second-order valence-electron chi connectivity index (χ2n) is 6.42. The van der Waals surface area contributed by atoms with Gasteiger partial charge in [-0.25, -0.2) is 0 Å². The van der Waals surface area contributed by atoms with E-state index in [1.165, 1.54) is 12.8 Å². The third-order valence-corrected chi connectivity index (χ3v) is 4.57. The molecule has 1 atom stereocenters. The van der Waals surface area contributed by atoms with Crippen LogP contribution in [-0.4, -0.2) is 12.6 Å². The largest absolute Gasteiger partial charge is 0.466 e. The van der Waals surface area contributed by atoms with Crippen LogP contribution in [0.5, 0.6) is 0 Å². The van der Waals surface area contributed by atoms with Crippen molar-refractivity contribution >= 4 is 5.97 Å². The molecule has 0 aromatic rings. The highest BCUT2D eigenvalue weighted by molar-refractivity contribution is 5.72. The van der Waals surface area contributed by atoms with E-state index in [9.17, 15) is 4.79 Å². The first-order valence-electron chi connectivity index (χ1n) is 9.37. The molecule has 0 aromatic carbocycles. The lowest BCUT2D eigenvalue weighted by Crippen LogP contribution is -2.17. The molecule has 0 heterocycles. The molecule has 0 radical (unpaired) electrons. The molecular weight excluding hydrogens is 284 g/mol. The normalized spacial score (nSPS) is 17.5. The van der Waals surface area contributed by atoms with Crippen LogP contribution < -0.4 is 0 Å². The molecule has 2 nitrogen and oxygen atoms in total. The van der Waals surface area contributed by atoms with Crippen LogP contribution in [0.15, 0.2) is 36.5 Å². The van der Waals surface area contributed by atoms with Crippen molar-refractivity contribution in [2.45, 2.75) is 72.1 Å². The standard InChI is InChI=1S/C21H34O2/c1-4-7-15-21(17-12-9-13-18-21)16-11-8-10-14-19(5-2)20(22)23-6-3/h7,12-13,15,17-19H,4-6,8-11,14,16H2,1-3H3/b15-7-. The van der Waals surface area contributed by atoms with Gasteiger partial charge in [-0.15, -0.1) is 0 Å². The second-order valence-corrected chi connectivity index (χ2v) is 6.42. The number of carbonyl (C=O) groups excluding carboxylic acids is 1. The van der Waals surface area contributed by atoms with E-state index in [0.29, 0.717) is 6.61 Å². The summed E-state index contributed by atoms with van der Waals surface area (Å²) in [6.07, 6.45) is 22.5. The van der Waals surface area contributed by atoms with Gasteiger partial charge >= 0.3 is 5.97 Å². The predicted octanol–water partition coefficient (Wildman–Crippen LogP) is 5.99. The van der Waals surface area contributed by atoms with E-state index >= 15 is 0 Å². The Morgan fingerprint density at radius 1 is 1.17 bits per heavy atom. The zero-order chi connectivity index (χ0) is 17.0. The first-order valence-corrected chi connectivity index (χ1v) is 9.37. The minimum absolute atomic E-state index is 0.0181. The summed E-state index contributed by atoms with van der Waals surface area (Å²) >= 11 is 0. The Bertz CT molecular complexity index is 406. The van der Waals surface area contributed by atoms with Crippen molar-refractivity contribution in [3.05, 3.63) is 36.5 Å². The van der Waals surface area contributed by atoms with Gasteiger partial charge in [-0.3, -0.25) is 4.79 Å². The van der Waals surface area contributed by atoms with Crippen molar-refractivity contribution in [1.82, 2.24) is 0 Å². The van der Waals surface area contributed by atoms with Gasteiger partial charge in [0.15, 0.2) is 0 Å². The highest BCUT2D eigenvalue weighted by Crippen LogP contribution is 2.33. The van der Waals surface area contributed by atoms with Gasteiger partial charge in [0, 0.05) is 5.41 Å². The maximum absolute atomic E-state index is 11.8. The third-order valence-electron chi connectivity index (χ3n) is 4.57. The summed E-state index contributed by atoms with van der Waals surface area (Å²) in [5, 5.41) is 0. The predicted molar refractivity (Wildman–Crippen MR) is 98.3 cm³/mol. The van der Waals surface area contributed by atoms with Crippen LogP contribution in [0.1, 0.15) is 72.1 Å². The lowest BCUT2D eigenvalue weighted by Gasteiger charge is -2.26. The van der Waals surface area contributed by atoms with E-state index in [4.69, 9.17) is 4.74 Å². The maximum atomic E-state index is 11.8.